The lowest BCUT2D eigenvalue weighted by Gasteiger charge is -2.15. The molecule has 3 aromatic heterocycles. The van der Waals surface area contributed by atoms with Crippen LogP contribution in [0.4, 0.5) is 0 Å². The summed E-state index contributed by atoms with van der Waals surface area (Å²) in [5.74, 6) is 0.335. The highest BCUT2D eigenvalue weighted by molar-refractivity contribution is 7.11. The number of amides is 1. The van der Waals surface area contributed by atoms with Crippen molar-refractivity contribution in [1.82, 2.24) is 29.5 Å². The first-order chi connectivity index (χ1) is 13.0. The van der Waals surface area contributed by atoms with Crippen LogP contribution in [-0.2, 0) is 6.54 Å². The average Bonchev–Trinajstić information content (AvgIpc) is 3.37. The molecule has 1 aliphatic heterocycles. The number of nitrogens with zero attached hydrogens (tertiary/aromatic N) is 6. The van der Waals surface area contributed by atoms with Gasteiger partial charge in [-0.3, -0.25) is 4.79 Å². The van der Waals surface area contributed by atoms with Crippen LogP contribution in [0.2, 0.25) is 0 Å². The summed E-state index contributed by atoms with van der Waals surface area (Å²) < 4.78 is 2.00. The smallest absolute Gasteiger partial charge is 0.265 e. The number of likely N-dealkylation sites (tertiary alicyclic amines) is 1. The molecule has 1 amide bonds. The lowest BCUT2D eigenvalue weighted by Crippen LogP contribution is -2.28. The number of pyridine rings is 1. The van der Waals surface area contributed by atoms with E-state index < -0.39 is 0 Å². The molecule has 0 aromatic carbocycles. The van der Waals surface area contributed by atoms with Gasteiger partial charge in [-0.05, 0) is 39.6 Å². The molecule has 0 spiro atoms. The van der Waals surface area contributed by atoms with E-state index >= 15 is 0 Å². The number of likely N-dealkylation sites (N-methyl/N-ethyl adjacent to an activating group) is 1. The van der Waals surface area contributed by atoms with Gasteiger partial charge in [-0.1, -0.05) is 0 Å². The number of aryl methyl sites for hydroxylation is 1. The Morgan fingerprint density at radius 1 is 1.37 bits per heavy atom. The van der Waals surface area contributed by atoms with Crippen molar-refractivity contribution in [2.75, 3.05) is 33.7 Å². The van der Waals surface area contributed by atoms with E-state index in [0.717, 1.165) is 53.4 Å². The molecule has 0 unspecified atom stereocenters. The van der Waals surface area contributed by atoms with Crippen LogP contribution in [0.3, 0.4) is 0 Å². The Labute approximate surface area is 162 Å². The van der Waals surface area contributed by atoms with Crippen molar-refractivity contribution in [3.63, 3.8) is 0 Å². The van der Waals surface area contributed by atoms with Gasteiger partial charge in [-0.15, -0.1) is 11.3 Å². The Bertz CT molecular complexity index is 962. The molecule has 0 bridgehead atoms. The summed E-state index contributed by atoms with van der Waals surface area (Å²) in [5, 5.41) is 6.00. The fourth-order valence-corrected chi connectivity index (χ4v) is 4.37. The predicted molar refractivity (Wildman–Crippen MR) is 106 cm³/mol. The minimum Gasteiger partial charge on any atom is -0.337 e. The van der Waals surface area contributed by atoms with Gasteiger partial charge in [0.15, 0.2) is 5.65 Å². The number of carbonyl (C=O) groups excluding carboxylic acids is 1. The van der Waals surface area contributed by atoms with E-state index in [4.69, 9.17) is 5.10 Å². The predicted octanol–water partition coefficient (Wildman–Crippen LogP) is 2.39. The fraction of sp³-hybridized carbons (Fsp3) is 0.474. The molecule has 27 heavy (non-hydrogen) atoms. The summed E-state index contributed by atoms with van der Waals surface area (Å²) >= 11 is 1.42. The van der Waals surface area contributed by atoms with Gasteiger partial charge in [0.05, 0.1) is 23.4 Å². The zero-order valence-electron chi connectivity index (χ0n) is 15.9. The summed E-state index contributed by atoms with van der Waals surface area (Å²) in [5.41, 5.74) is 4.54. The summed E-state index contributed by atoms with van der Waals surface area (Å²) in [6.07, 6.45) is 2.75. The zero-order chi connectivity index (χ0) is 19.0. The number of hydrogen-bond acceptors (Lipinski definition) is 6. The quantitative estimate of drug-likeness (QED) is 0.676. The van der Waals surface area contributed by atoms with E-state index in [0.29, 0.717) is 6.54 Å². The van der Waals surface area contributed by atoms with Gasteiger partial charge < -0.3 is 9.80 Å². The molecule has 4 rings (SSSR count). The van der Waals surface area contributed by atoms with Gasteiger partial charge >= 0.3 is 0 Å². The van der Waals surface area contributed by atoms with Gasteiger partial charge in [0, 0.05) is 37.1 Å². The molecule has 1 atom stereocenters. The van der Waals surface area contributed by atoms with E-state index in [1.807, 2.05) is 28.8 Å². The topological polar surface area (TPSA) is 67.2 Å². The molecule has 7 nitrogen and oxygen atoms in total. The van der Waals surface area contributed by atoms with E-state index in [-0.39, 0.29) is 11.8 Å². The Hall–Kier alpha value is -2.32. The molecule has 0 saturated carbocycles. The van der Waals surface area contributed by atoms with Crippen LogP contribution in [0.5, 0.6) is 0 Å². The molecule has 0 aliphatic carbocycles. The van der Waals surface area contributed by atoms with Crippen molar-refractivity contribution in [2.45, 2.75) is 25.8 Å². The Morgan fingerprint density at radius 3 is 2.96 bits per heavy atom. The van der Waals surface area contributed by atoms with Gasteiger partial charge in [0.1, 0.15) is 4.88 Å². The molecule has 0 radical (unpaired) electrons. The molecule has 1 aliphatic rings. The number of fused-ring (bicyclic) bond motifs is 1. The van der Waals surface area contributed by atoms with Crippen molar-refractivity contribution in [3.8, 4) is 0 Å². The lowest BCUT2D eigenvalue weighted by molar-refractivity contribution is 0.0794. The van der Waals surface area contributed by atoms with Gasteiger partial charge in [0.2, 0.25) is 0 Å². The molecule has 1 fully saturated rings. The normalized spacial score (nSPS) is 17.3. The third kappa shape index (κ3) is 3.46. The van der Waals surface area contributed by atoms with Crippen molar-refractivity contribution in [3.05, 3.63) is 40.1 Å². The molecule has 1 saturated heterocycles. The second kappa shape index (κ2) is 7.36. The number of thiazole rings is 1. The SMILES string of the molecule is Cc1ncsc1C(=O)N1CC[C@@H](c2nn(CCN(C)C)c3ncccc23)C1. The maximum atomic E-state index is 12.8. The number of carbonyl (C=O) groups is 1. The number of hydrogen-bond donors (Lipinski definition) is 0. The second-order valence-electron chi connectivity index (χ2n) is 7.29. The van der Waals surface area contributed by atoms with Crippen LogP contribution < -0.4 is 0 Å². The molecule has 3 aromatic rings. The van der Waals surface area contributed by atoms with Crippen LogP contribution in [0.1, 0.15) is 33.4 Å². The summed E-state index contributed by atoms with van der Waals surface area (Å²) in [6, 6.07) is 4.05. The highest BCUT2D eigenvalue weighted by Crippen LogP contribution is 2.32. The number of rotatable bonds is 5. The molecule has 142 valence electrons. The first kappa shape index (κ1) is 18.1. The molecule has 4 heterocycles. The van der Waals surface area contributed by atoms with Gasteiger partial charge in [-0.25, -0.2) is 14.6 Å². The van der Waals surface area contributed by atoms with Gasteiger partial charge in [-0.2, -0.15) is 5.10 Å². The minimum absolute atomic E-state index is 0.0898. The minimum atomic E-state index is 0.0898. The summed E-state index contributed by atoms with van der Waals surface area (Å²) in [4.78, 5) is 26.4. The molecule has 0 N–H and O–H groups in total. The molecular formula is C19H24N6OS. The van der Waals surface area contributed by atoms with Gasteiger partial charge in [0.25, 0.3) is 5.91 Å². The largest absolute Gasteiger partial charge is 0.337 e. The van der Waals surface area contributed by atoms with Crippen LogP contribution in [0.15, 0.2) is 23.8 Å². The molecule has 8 heteroatoms. The standard InChI is InChI=1S/C19H24N6OS/c1-13-17(27-12-21-13)19(26)24-8-6-14(11-24)16-15-5-4-7-20-18(15)25(22-16)10-9-23(2)3/h4-5,7,12,14H,6,8-11H2,1-3H3/t14-/m1/s1. The van der Waals surface area contributed by atoms with Crippen LogP contribution in [0.25, 0.3) is 11.0 Å². The second-order valence-corrected chi connectivity index (χ2v) is 8.14. The highest BCUT2D eigenvalue weighted by atomic mass is 32.1. The number of aromatic nitrogens is 4. The Balaban J connectivity index is 1.58. The monoisotopic (exact) mass is 384 g/mol. The van der Waals surface area contributed by atoms with Crippen molar-refractivity contribution in [1.29, 1.82) is 0 Å². The average molecular weight is 385 g/mol. The van der Waals surface area contributed by atoms with Crippen molar-refractivity contribution >= 4 is 28.3 Å². The van der Waals surface area contributed by atoms with E-state index in [1.165, 1.54) is 11.3 Å². The zero-order valence-corrected chi connectivity index (χ0v) is 16.7. The Morgan fingerprint density at radius 2 is 2.22 bits per heavy atom. The third-order valence-electron chi connectivity index (χ3n) is 5.10. The third-order valence-corrected chi connectivity index (χ3v) is 6.01. The van der Waals surface area contributed by atoms with Crippen LogP contribution in [-0.4, -0.2) is 69.2 Å². The fourth-order valence-electron chi connectivity index (χ4n) is 3.60. The maximum absolute atomic E-state index is 12.8. The van der Waals surface area contributed by atoms with Crippen LogP contribution >= 0.6 is 11.3 Å². The summed E-state index contributed by atoms with van der Waals surface area (Å²) in [6.45, 7) is 5.06. The lowest BCUT2D eigenvalue weighted by atomic mass is 10.0. The highest BCUT2D eigenvalue weighted by Gasteiger charge is 2.32. The van der Waals surface area contributed by atoms with E-state index in [2.05, 4.69) is 35.0 Å². The van der Waals surface area contributed by atoms with Crippen LogP contribution in [0, 0.1) is 6.92 Å². The van der Waals surface area contributed by atoms with E-state index in [1.54, 1.807) is 5.51 Å². The first-order valence-corrected chi connectivity index (χ1v) is 10.1. The summed E-state index contributed by atoms with van der Waals surface area (Å²) in [7, 11) is 4.11. The van der Waals surface area contributed by atoms with Crippen molar-refractivity contribution < 1.29 is 4.79 Å². The van der Waals surface area contributed by atoms with Crippen molar-refractivity contribution in [2.24, 2.45) is 0 Å². The first-order valence-electron chi connectivity index (χ1n) is 9.20. The maximum Gasteiger partial charge on any atom is 0.265 e. The Kier molecular flexibility index (Phi) is 4.92. The molecular weight excluding hydrogens is 360 g/mol. The van der Waals surface area contributed by atoms with E-state index in [9.17, 15) is 4.79 Å².